The lowest BCUT2D eigenvalue weighted by Gasteiger charge is -2.31. The van der Waals surface area contributed by atoms with Crippen molar-refractivity contribution in [3.8, 4) is 11.5 Å². The molecule has 11 heteroatoms. The Morgan fingerprint density at radius 3 is 2.70 bits per heavy atom. The molecule has 3 N–H and O–H groups in total. The summed E-state index contributed by atoms with van der Waals surface area (Å²) in [6, 6.07) is 8.65. The van der Waals surface area contributed by atoms with Gasteiger partial charge in [-0.05, 0) is 56.2 Å². The Morgan fingerprint density at radius 2 is 2.03 bits per heavy atom. The van der Waals surface area contributed by atoms with Crippen molar-refractivity contribution in [3.63, 3.8) is 0 Å². The van der Waals surface area contributed by atoms with Crippen LogP contribution in [0.5, 0.6) is 0 Å². The molecule has 3 aromatic rings. The molecule has 0 unspecified atom stereocenters. The van der Waals surface area contributed by atoms with E-state index in [4.69, 9.17) is 27.2 Å². The topological polar surface area (TPSA) is 124 Å². The van der Waals surface area contributed by atoms with Gasteiger partial charge in [0.15, 0.2) is 16.6 Å². The molecule has 3 heterocycles. The first kappa shape index (κ1) is 22.9. The fourth-order valence-electron chi connectivity index (χ4n) is 3.64. The number of carbonyl (C=O) groups is 2. The number of ether oxygens (including phenoxy) is 1. The molecule has 0 spiro atoms. The molecule has 33 heavy (non-hydrogen) atoms. The molecule has 1 aliphatic heterocycles. The van der Waals surface area contributed by atoms with Crippen molar-refractivity contribution >= 4 is 46.2 Å². The quantitative estimate of drug-likeness (QED) is 0.398. The summed E-state index contributed by atoms with van der Waals surface area (Å²) >= 11 is 6.37. The van der Waals surface area contributed by atoms with Gasteiger partial charge in [-0.25, -0.2) is 9.78 Å². The first-order chi connectivity index (χ1) is 15.9. The van der Waals surface area contributed by atoms with Gasteiger partial charge >= 0.3 is 5.97 Å². The summed E-state index contributed by atoms with van der Waals surface area (Å²) < 4.78 is 10.2. The molecular weight excluding hydrogens is 462 g/mol. The van der Waals surface area contributed by atoms with Crippen LogP contribution in [0.1, 0.15) is 51.5 Å². The monoisotopic (exact) mass is 485 g/mol. The zero-order valence-corrected chi connectivity index (χ0v) is 19.6. The molecule has 0 aliphatic carbocycles. The fraction of sp³-hybridized carbons (Fsp3) is 0.318. The normalized spacial score (nSPS) is 14.2. The number of nitrogens with zero attached hydrogens (tertiary/aromatic N) is 3. The van der Waals surface area contributed by atoms with Gasteiger partial charge in [0.1, 0.15) is 5.69 Å². The maximum Gasteiger partial charge on any atom is 0.360 e. The number of nitrogens with two attached hydrogens (primary N) is 1. The van der Waals surface area contributed by atoms with E-state index in [2.05, 4.69) is 15.5 Å². The second kappa shape index (κ2) is 10.1. The summed E-state index contributed by atoms with van der Waals surface area (Å²) in [5.41, 5.74) is 7.62. The Balaban J connectivity index is 1.35. The number of rotatable bonds is 6. The van der Waals surface area contributed by atoms with Gasteiger partial charge in [0.2, 0.25) is 0 Å². The van der Waals surface area contributed by atoms with E-state index in [9.17, 15) is 9.59 Å². The first-order valence-electron chi connectivity index (χ1n) is 10.5. The van der Waals surface area contributed by atoms with Crippen molar-refractivity contribution in [2.75, 3.05) is 25.0 Å². The minimum absolute atomic E-state index is 0.00306. The Kier molecular flexibility index (Phi) is 6.99. The van der Waals surface area contributed by atoms with E-state index >= 15 is 0 Å². The minimum Gasteiger partial charge on any atom is -0.461 e. The van der Waals surface area contributed by atoms with Gasteiger partial charge in [0.05, 0.1) is 11.6 Å². The number of hydrogen-bond acceptors (Lipinski definition) is 8. The lowest BCUT2D eigenvalue weighted by molar-refractivity contribution is 0.0514. The standard InChI is InChI=1S/C22H23N5O4S2/c1-2-30-21(29)16-11-18(31-26-16)17-12-33-19(25-17)13-7-9-27(10-8-13)20(28)14-3-5-15(6-4-14)24-22(23)32/h3-6,11-13H,2,7-10H2,1H3,(H3,23,24,32). The van der Waals surface area contributed by atoms with Crippen LogP contribution in [0.2, 0.25) is 0 Å². The SMILES string of the molecule is CCOC(=O)c1cc(-c2csc(C3CCN(C(=O)c4ccc(NC(N)=S)cc4)CC3)n2)on1. The molecule has 4 rings (SSSR count). The van der Waals surface area contributed by atoms with Crippen LogP contribution in [-0.2, 0) is 4.74 Å². The molecule has 0 saturated carbocycles. The second-order valence-electron chi connectivity index (χ2n) is 7.50. The number of piperidine rings is 1. The van der Waals surface area contributed by atoms with Crippen molar-refractivity contribution in [3.05, 3.63) is 52.0 Å². The molecule has 172 valence electrons. The van der Waals surface area contributed by atoms with Gasteiger partial charge in [-0.1, -0.05) is 5.16 Å². The summed E-state index contributed by atoms with van der Waals surface area (Å²) in [4.78, 5) is 31.2. The molecule has 9 nitrogen and oxygen atoms in total. The number of anilines is 1. The zero-order valence-electron chi connectivity index (χ0n) is 17.9. The predicted octanol–water partition coefficient (Wildman–Crippen LogP) is 3.65. The van der Waals surface area contributed by atoms with Crippen molar-refractivity contribution in [2.24, 2.45) is 5.73 Å². The summed E-state index contributed by atoms with van der Waals surface area (Å²) in [5.74, 6) is 0.177. The van der Waals surface area contributed by atoms with Gasteiger partial charge in [-0.2, -0.15) is 0 Å². The third kappa shape index (κ3) is 5.37. The predicted molar refractivity (Wildman–Crippen MR) is 128 cm³/mol. The van der Waals surface area contributed by atoms with Crippen molar-refractivity contribution in [1.82, 2.24) is 15.0 Å². The van der Waals surface area contributed by atoms with E-state index in [0.717, 1.165) is 23.5 Å². The van der Waals surface area contributed by atoms with Crippen LogP contribution in [-0.4, -0.2) is 51.7 Å². The Labute approximate surface area is 199 Å². The van der Waals surface area contributed by atoms with Crippen LogP contribution >= 0.6 is 23.6 Å². The maximum absolute atomic E-state index is 12.9. The van der Waals surface area contributed by atoms with Gasteiger partial charge in [0.25, 0.3) is 5.91 Å². The van der Waals surface area contributed by atoms with E-state index in [1.54, 1.807) is 48.6 Å². The number of esters is 1. The van der Waals surface area contributed by atoms with Crippen molar-refractivity contribution in [1.29, 1.82) is 0 Å². The maximum atomic E-state index is 12.9. The van der Waals surface area contributed by atoms with Crippen LogP contribution in [0.25, 0.3) is 11.5 Å². The number of aromatic nitrogens is 2. The fourth-order valence-corrected chi connectivity index (χ4v) is 4.73. The van der Waals surface area contributed by atoms with Crippen molar-refractivity contribution in [2.45, 2.75) is 25.7 Å². The number of carbonyl (C=O) groups excluding carboxylic acids is 2. The summed E-state index contributed by atoms with van der Waals surface area (Å²) in [6.07, 6.45) is 1.65. The molecule has 1 saturated heterocycles. The van der Waals surface area contributed by atoms with Crippen LogP contribution in [0.4, 0.5) is 5.69 Å². The van der Waals surface area contributed by atoms with Gasteiger partial charge < -0.3 is 25.2 Å². The summed E-state index contributed by atoms with van der Waals surface area (Å²) in [6.45, 7) is 3.31. The van der Waals surface area contributed by atoms with E-state index in [-0.39, 0.29) is 29.2 Å². The third-order valence-electron chi connectivity index (χ3n) is 5.30. The number of hydrogen-bond donors (Lipinski definition) is 2. The smallest absolute Gasteiger partial charge is 0.360 e. The number of likely N-dealkylation sites (tertiary alicyclic amines) is 1. The van der Waals surface area contributed by atoms with Crippen LogP contribution < -0.4 is 11.1 Å². The Hall–Kier alpha value is -3.31. The van der Waals surface area contributed by atoms with E-state index < -0.39 is 5.97 Å². The highest BCUT2D eigenvalue weighted by atomic mass is 32.1. The van der Waals surface area contributed by atoms with Crippen LogP contribution in [0.15, 0.2) is 40.2 Å². The average Bonchev–Trinajstić information content (AvgIpc) is 3.49. The number of amides is 1. The number of nitrogens with one attached hydrogen (secondary N) is 1. The first-order valence-corrected chi connectivity index (χ1v) is 11.8. The molecule has 1 fully saturated rings. The zero-order chi connectivity index (χ0) is 23.4. The van der Waals surface area contributed by atoms with Crippen molar-refractivity contribution < 1.29 is 18.8 Å². The number of thiazole rings is 1. The largest absolute Gasteiger partial charge is 0.461 e. The lowest BCUT2D eigenvalue weighted by Crippen LogP contribution is -2.37. The van der Waals surface area contributed by atoms with Gasteiger partial charge in [-0.15, -0.1) is 11.3 Å². The molecule has 0 radical (unpaired) electrons. The van der Waals surface area contributed by atoms with E-state index in [0.29, 0.717) is 30.1 Å². The third-order valence-corrected chi connectivity index (χ3v) is 6.41. The lowest BCUT2D eigenvalue weighted by atomic mass is 9.97. The van der Waals surface area contributed by atoms with Crippen LogP contribution in [0.3, 0.4) is 0 Å². The molecular formula is C22H23N5O4S2. The summed E-state index contributed by atoms with van der Waals surface area (Å²) in [5, 5.41) is 9.67. The minimum atomic E-state index is -0.520. The highest BCUT2D eigenvalue weighted by Gasteiger charge is 2.27. The Bertz CT molecular complexity index is 1150. The average molecular weight is 486 g/mol. The molecule has 0 bridgehead atoms. The van der Waals surface area contributed by atoms with E-state index in [1.165, 1.54) is 0 Å². The molecule has 1 amide bonds. The Morgan fingerprint density at radius 1 is 1.30 bits per heavy atom. The molecule has 1 aliphatic rings. The highest BCUT2D eigenvalue weighted by Crippen LogP contribution is 2.33. The van der Waals surface area contributed by atoms with E-state index in [1.807, 2.05) is 10.3 Å². The number of benzene rings is 1. The number of thiocarbonyl (C=S) groups is 1. The molecule has 0 atom stereocenters. The second-order valence-corrected chi connectivity index (χ2v) is 8.83. The summed E-state index contributed by atoms with van der Waals surface area (Å²) in [7, 11) is 0. The highest BCUT2D eigenvalue weighted by molar-refractivity contribution is 7.80. The molecule has 2 aromatic heterocycles. The van der Waals surface area contributed by atoms with Gasteiger partial charge in [-0.3, -0.25) is 4.79 Å². The molecule has 1 aromatic carbocycles. The van der Waals surface area contributed by atoms with Gasteiger partial charge in [0, 0.05) is 41.7 Å². The van der Waals surface area contributed by atoms with Crippen LogP contribution in [0, 0.1) is 0 Å².